The highest BCUT2D eigenvalue weighted by atomic mass is 19.1. The molecule has 0 aliphatic heterocycles. The molecule has 0 bridgehead atoms. The summed E-state index contributed by atoms with van der Waals surface area (Å²) < 4.78 is 18.2. The first-order chi connectivity index (χ1) is 7.61. The topological polar surface area (TPSA) is 66.2 Å². The maximum absolute atomic E-state index is 13.4. The van der Waals surface area contributed by atoms with Gasteiger partial charge in [0.2, 0.25) is 0 Å². The zero-order chi connectivity index (χ0) is 11.7. The number of hydrogen-bond donors (Lipinski definition) is 0. The van der Waals surface area contributed by atoms with E-state index < -0.39 is 11.8 Å². The van der Waals surface area contributed by atoms with Gasteiger partial charge in [0.1, 0.15) is 17.3 Å². The first-order valence-corrected chi connectivity index (χ1v) is 4.53. The summed E-state index contributed by atoms with van der Waals surface area (Å²) in [6, 6.07) is 5.74. The summed E-state index contributed by atoms with van der Waals surface area (Å²) in [6.07, 6.45) is 0. The van der Waals surface area contributed by atoms with Crippen LogP contribution in [0.1, 0.15) is 16.1 Å². The van der Waals surface area contributed by atoms with E-state index in [1.165, 1.54) is 25.1 Å². The van der Waals surface area contributed by atoms with Crippen molar-refractivity contribution in [2.75, 3.05) is 0 Å². The molecule has 82 valence electrons. The minimum absolute atomic E-state index is 0.0457. The number of hydrogen-bond acceptors (Lipinski definition) is 4. The molecule has 0 amide bonds. The third-order valence-corrected chi connectivity index (χ3v) is 2.20. The van der Waals surface area contributed by atoms with Crippen molar-refractivity contribution in [1.29, 1.82) is 0 Å². The first-order valence-electron chi connectivity index (χ1n) is 4.53. The average Bonchev–Trinajstić information content (AvgIpc) is 2.61. The van der Waals surface area contributed by atoms with Gasteiger partial charge in [-0.15, -0.1) is 0 Å². The molecule has 5 heteroatoms. The van der Waals surface area contributed by atoms with Gasteiger partial charge in [0.15, 0.2) is 0 Å². The van der Waals surface area contributed by atoms with E-state index in [1.807, 2.05) is 0 Å². The summed E-state index contributed by atoms with van der Waals surface area (Å²) in [7, 11) is 0. The summed E-state index contributed by atoms with van der Waals surface area (Å²) in [4.78, 5) is 10.9. The molecule has 0 unspecified atom stereocenters. The van der Waals surface area contributed by atoms with Crippen molar-refractivity contribution in [1.82, 2.24) is 5.16 Å². The minimum Gasteiger partial charge on any atom is -0.545 e. The normalized spacial score (nSPS) is 10.4. The highest BCUT2D eigenvalue weighted by Crippen LogP contribution is 2.26. The number of aromatic carboxylic acids is 1. The lowest BCUT2D eigenvalue weighted by molar-refractivity contribution is -0.255. The van der Waals surface area contributed by atoms with Gasteiger partial charge in [-0.3, -0.25) is 0 Å². The van der Waals surface area contributed by atoms with Crippen LogP contribution in [-0.4, -0.2) is 11.1 Å². The number of carbonyl (C=O) groups is 1. The van der Waals surface area contributed by atoms with Gasteiger partial charge < -0.3 is 14.4 Å². The second-order valence-corrected chi connectivity index (χ2v) is 3.23. The summed E-state index contributed by atoms with van der Waals surface area (Å²) in [5, 5.41) is 14.4. The van der Waals surface area contributed by atoms with Gasteiger partial charge in [-0.05, 0) is 19.1 Å². The van der Waals surface area contributed by atoms with E-state index in [0.29, 0.717) is 0 Å². The summed E-state index contributed by atoms with van der Waals surface area (Å²) >= 11 is 0. The molecule has 4 nitrogen and oxygen atoms in total. The number of rotatable bonds is 2. The van der Waals surface area contributed by atoms with E-state index in [2.05, 4.69) is 5.16 Å². The number of aryl methyl sites for hydroxylation is 1. The zero-order valence-corrected chi connectivity index (χ0v) is 8.36. The molecule has 1 heterocycles. The van der Waals surface area contributed by atoms with Crippen LogP contribution in [0.5, 0.6) is 0 Å². The van der Waals surface area contributed by atoms with Crippen molar-refractivity contribution < 1.29 is 18.8 Å². The Morgan fingerprint density at radius 2 is 2.12 bits per heavy atom. The van der Waals surface area contributed by atoms with Crippen molar-refractivity contribution in [2.24, 2.45) is 0 Å². The van der Waals surface area contributed by atoms with Crippen LogP contribution in [-0.2, 0) is 0 Å². The van der Waals surface area contributed by atoms with Crippen LogP contribution < -0.4 is 5.11 Å². The van der Waals surface area contributed by atoms with E-state index in [9.17, 15) is 14.3 Å². The Kier molecular flexibility index (Phi) is 2.44. The Morgan fingerprint density at radius 1 is 1.44 bits per heavy atom. The van der Waals surface area contributed by atoms with E-state index in [4.69, 9.17) is 4.52 Å². The quantitative estimate of drug-likeness (QED) is 0.761. The van der Waals surface area contributed by atoms with Crippen LogP contribution in [0.2, 0.25) is 0 Å². The Bertz CT molecular complexity index is 548. The molecule has 1 aromatic heterocycles. The van der Waals surface area contributed by atoms with Crippen LogP contribution >= 0.6 is 0 Å². The fraction of sp³-hybridized carbons (Fsp3) is 0.0909. The second-order valence-electron chi connectivity index (χ2n) is 3.23. The Labute approximate surface area is 90.3 Å². The summed E-state index contributed by atoms with van der Waals surface area (Å²) in [5.41, 5.74) is -0.181. The fourth-order valence-corrected chi connectivity index (χ4v) is 1.45. The summed E-state index contributed by atoms with van der Waals surface area (Å²) in [5.74, 6) is -1.89. The lowest BCUT2D eigenvalue weighted by Gasteiger charge is -2.03. The lowest BCUT2D eigenvalue weighted by Crippen LogP contribution is -2.23. The molecule has 2 rings (SSSR count). The molecule has 0 N–H and O–H groups in total. The maximum atomic E-state index is 13.4. The number of carbonyl (C=O) groups excluding carboxylic acids is 1. The van der Waals surface area contributed by atoms with Gasteiger partial charge in [0.05, 0.1) is 11.5 Å². The van der Waals surface area contributed by atoms with Gasteiger partial charge in [0, 0.05) is 5.56 Å². The minimum atomic E-state index is -1.43. The first kappa shape index (κ1) is 10.4. The smallest absolute Gasteiger partial charge is 0.143 e. The SMILES string of the molecule is Cc1onc(-c2ccccc2F)c1C(=O)[O-]. The molecule has 16 heavy (non-hydrogen) atoms. The van der Waals surface area contributed by atoms with Gasteiger partial charge in [-0.25, -0.2) is 4.39 Å². The van der Waals surface area contributed by atoms with Gasteiger partial charge in [0.25, 0.3) is 0 Å². The number of halogens is 1. The molecule has 0 aliphatic rings. The number of carboxylic acids is 1. The van der Waals surface area contributed by atoms with Crippen LogP contribution in [0, 0.1) is 12.7 Å². The number of aromatic nitrogens is 1. The molecule has 0 atom stereocenters. The summed E-state index contributed by atoms with van der Waals surface area (Å²) in [6.45, 7) is 1.43. The lowest BCUT2D eigenvalue weighted by atomic mass is 10.1. The van der Waals surface area contributed by atoms with Crippen molar-refractivity contribution in [3.05, 3.63) is 41.4 Å². The maximum Gasteiger partial charge on any atom is 0.143 e. The third kappa shape index (κ3) is 1.56. The molecule has 1 aromatic carbocycles. The van der Waals surface area contributed by atoms with E-state index in [-0.39, 0.29) is 22.6 Å². The van der Waals surface area contributed by atoms with Crippen molar-refractivity contribution >= 4 is 5.97 Å². The Hall–Kier alpha value is -2.17. The van der Waals surface area contributed by atoms with Crippen LogP contribution in [0.3, 0.4) is 0 Å². The number of nitrogens with zero attached hydrogens (tertiary/aromatic N) is 1. The molecular formula is C11H7FNO3-. The van der Waals surface area contributed by atoms with Crippen molar-refractivity contribution in [3.8, 4) is 11.3 Å². The van der Waals surface area contributed by atoms with E-state index in [0.717, 1.165) is 0 Å². The van der Waals surface area contributed by atoms with Crippen molar-refractivity contribution in [2.45, 2.75) is 6.92 Å². The molecule has 0 radical (unpaired) electrons. The highest BCUT2D eigenvalue weighted by molar-refractivity contribution is 5.94. The molecule has 0 saturated heterocycles. The number of benzene rings is 1. The Balaban J connectivity index is 2.66. The van der Waals surface area contributed by atoms with E-state index >= 15 is 0 Å². The monoisotopic (exact) mass is 220 g/mol. The largest absolute Gasteiger partial charge is 0.545 e. The van der Waals surface area contributed by atoms with Crippen LogP contribution in [0.4, 0.5) is 4.39 Å². The molecule has 0 spiro atoms. The predicted molar refractivity (Wildman–Crippen MR) is 51.0 cm³/mol. The predicted octanol–water partition coefficient (Wildman–Crippen LogP) is 1.15. The molecule has 0 fully saturated rings. The van der Waals surface area contributed by atoms with Crippen molar-refractivity contribution in [3.63, 3.8) is 0 Å². The van der Waals surface area contributed by atoms with Gasteiger partial charge in [-0.2, -0.15) is 0 Å². The molecule has 0 saturated carbocycles. The zero-order valence-electron chi connectivity index (χ0n) is 8.36. The van der Waals surface area contributed by atoms with Crippen LogP contribution in [0.25, 0.3) is 11.3 Å². The third-order valence-electron chi connectivity index (χ3n) is 2.20. The Morgan fingerprint density at radius 3 is 2.75 bits per heavy atom. The molecule has 2 aromatic rings. The molecular weight excluding hydrogens is 213 g/mol. The molecule has 0 aliphatic carbocycles. The average molecular weight is 220 g/mol. The van der Waals surface area contributed by atoms with E-state index in [1.54, 1.807) is 6.07 Å². The number of carboxylic acid groups (broad SMARTS) is 1. The highest BCUT2D eigenvalue weighted by Gasteiger charge is 2.17. The van der Waals surface area contributed by atoms with Crippen LogP contribution in [0.15, 0.2) is 28.8 Å². The fourth-order valence-electron chi connectivity index (χ4n) is 1.45. The standard InChI is InChI=1S/C11H8FNO3/c1-6-9(11(14)15)10(13-16-6)7-4-2-3-5-8(7)12/h2-5H,1H3,(H,14,15)/p-1. The van der Waals surface area contributed by atoms with Gasteiger partial charge in [-0.1, -0.05) is 17.3 Å². The second kappa shape index (κ2) is 3.77. The van der Waals surface area contributed by atoms with Gasteiger partial charge >= 0.3 is 0 Å².